The maximum absolute atomic E-state index is 13.8. The van der Waals surface area contributed by atoms with E-state index in [4.69, 9.17) is 18.9 Å². The van der Waals surface area contributed by atoms with Crippen LogP contribution in [0, 0.1) is 5.82 Å². The maximum Gasteiger partial charge on any atom is 0.346 e. The summed E-state index contributed by atoms with van der Waals surface area (Å²) in [6.45, 7) is -0.329. The smallest absolute Gasteiger partial charge is 0.346 e. The molecule has 2 aromatic rings. The molecule has 7 nitrogen and oxygen atoms in total. The van der Waals surface area contributed by atoms with Gasteiger partial charge in [-0.1, -0.05) is 12.1 Å². The van der Waals surface area contributed by atoms with Crippen molar-refractivity contribution in [3.63, 3.8) is 0 Å². The summed E-state index contributed by atoms with van der Waals surface area (Å²) in [5.74, 6) is -1.03. The minimum Gasteiger partial charge on any atom is -0.496 e. The number of methoxy groups -OCH3 is 3. The lowest BCUT2D eigenvalue weighted by molar-refractivity contribution is -0.133. The Kier molecular flexibility index (Phi) is 7.20. The number of carbonyl (C=O) groups is 2. The zero-order chi connectivity index (χ0) is 20.7. The Morgan fingerprint density at radius 1 is 0.964 bits per heavy atom. The molecule has 1 amide bonds. The summed E-state index contributed by atoms with van der Waals surface area (Å²) in [5.41, 5.74) is 0.673. The fourth-order valence-electron chi connectivity index (χ4n) is 2.53. The zero-order valence-corrected chi connectivity index (χ0v) is 16.2. The van der Waals surface area contributed by atoms with E-state index in [2.05, 4.69) is 0 Å². The number of benzene rings is 2. The van der Waals surface area contributed by atoms with Gasteiger partial charge in [-0.25, -0.2) is 9.18 Å². The molecule has 0 aromatic heterocycles. The molecule has 0 radical (unpaired) electrons. The van der Waals surface area contributed by atoms with Crippen LogP contribution in [-0.4, -0.2) is 51.8 Å². The Labute approximate surface area is 162 Å². The summed E-state index contributed by atoms with van der Waals surface area (Å²) in [6.07, 6.45) is 0. The van der Waals surface area contributed by atoms with E-state index in [9.17, 15) is 14.0 Å². The van der Waals surface area contributed by atoms with Crippen molar-refractivity contribution in [2.75, 3.05) is 35.0 Å². The second kappa shape index (κ2) is 9.59. The highest BCUT2D eigenvalue weighted by atomic mass is 19.1. The molecule has 0 saturated carbocycles. The molecule has 0 atom stereocenters. The van der Waals surface area contributed by atoms with Crippen molar-refractivity contribution in [3.05, 3.63) is 53.3 Å². The topological polar surface area (TPSA) is 74.3 Å². The first kappa shape index (κ1) is 21.0. The summed E-state index contributed by atoms with van der Waals surface area (Å²) >= 11 is 0. The molecule has 0 aliphatic heterocycles. The van der Waals surface area contributed by atoms with E-state index in [1.807, 2.05) is 0 Å². The van der Waals surface area contributed by atoms with Crippen molar-refractivity contribution >= 4 is 11.9 Å². The third-order valence-electron chi connectivity index (χ3n) is 4.02. The van der Waals surface area contributed by atoms with Gasteiger partial charge < -0.3 is 23.8 Å². The third kappa shape index (κ3) is 4.91. The number of rotatable bonds is 8. The summed E-state index contributed by atoms with van der Waals surface area (Å²) in [4.78, 5) is 26.0. The lowest BCUT2D eigenvalue weighted by Gasteiger charge is -2.18. The molecule has 2 aromatic carbocycles. The van der Waals surface area contributed by atoms with Gasteiger partial charge in [0, 0.05) is 13.6 Å². The molecule has 0 fully saturated rings. The van der Waals surface area contributed by atoms with Crippen LogP contribution in [0.15, 0.2) is 36.4 Å². The number of amides is 1. The lowest BCUT2D eigenvalue weighted by atomic mass is 10.2. The minimum atomic E-state index is -0.744. The highest BCUT2D eigenvalue weighted by Crippen LogP contribution is 2.28. The van der Waals surface area contributed by atoms with Crippen LogP contribution in [0.4, 0.5) is 4.39 Å². The monoisotopic (exact) mass is 391 g/mol. The predicted molar refractivity (Wildman–Crippen MR) is 99.3 cm³/mol. The van der Waals surface area contributed by atoms with Gasteiger partial charge in [-0.05, 0) is 29.8 Å². The van der Waals surface area contributed by atoms with Crippen LogP contribution in [0.3, 0.4) is 0 Å². The maximum atomic E-state index is 13.8. The molecule has 2 rings (SSSR count). The van der Waals surface area contributed by atoms with Crippen LogP contribution < -0.4 is 14.2 Å². The average Bonchev–Trinajstić information content (AvgIpc) is 2.71. The van der Waals surface area contributed by atoms with Crippen molar-refractivity contribution in [2.45, 2.75) is 6.54 Å². The lowest BCUT2D eigenvalue weighted by Crippen LogP contribution is -2.31. The number of ether oxygens (including phenoxy) is 4. The molecule has 0 spiro atoms. The van der Waals surface area contributed by atoms with Gasteiger partial charge in [0.05, 0.1) is 21.3 Å². The van der Waals surface area contributed by atoms with Crippen LogP contribution in [0.25, 0.3) is 0 Å². The van der Waals surface area contributed by atoms with Gasteiger partial charge in [-0.3, -0.25) is 4.79 Å². The average molecular weight is 391 g/mol. The number of esters is 1. The van der Waals surface area contributed by atoms with Crippen molar-refractivity contribution < 1.29 is 32.9 Å². The van der Waals surface area contributed by atoms with E-state index >= 15 is 0 Å². The van der Waals surface area contributed by atoms with E-state index in [-0.39, 0.29) is 29.4 Å². The molecule has 0 N–H and O–H groups in total. The van der Waals surface area contributed by atoms with Gasteiger partial charge in [0.1, 0.15) is 17.1 Å². The Bertz CT molecular complexity index is 832. The Morgan fingerprint density at radius 3 is 2.11 bits per heavy atom. The van der Waals surface area contributed by atoms with Gasteiger partial charge >= 0.3 is 5.97 Å². The molecule has 0 bridgehead atoms. The van der Waals surface area contributed by atoms with E-state index in [0.29, 0.717) is 5.56 Å². The Balaban J connectivity index is 2.00. The number of halogens is 1. The van der Waals surface area contributed by atoms with E-state index < -0.39 is 24.3 Å². The third-order valence-corrected chi connectivity index (χ3v) is 4.02. The number of carbonyl (C=O) groups excluding carboxylic acids is 2. The quantitative estimate of drug-likeness (QED) is 0.644. The summed E-state index contributed by atoms with van der Waals surface area (Å²) in [5, 5.41) is 0. The van der Waals surface area contributed by atoms with Crippen LogP contribution in [0.1, 0.15) is 15.9 Å². The van der Waals surface area contributed by atoms with Crippen LogP contribution >= 0.6 is 0 Å². The molecular formula is C20H22FNO6. The molecule has 0 heterocycles. The fraction of sp³-hybridized carbons (Fsp3) is 0.300. The molecule has 0 aliphatic rings. The molecule has 0 saturated heterocycles. The normalized spacial score (nSPS) is 10.2. The first-order valence-corrected chi connectivity index (χ1v) is 8.35. The van der Waals surface area contributed by atoms with Crippen molar-refractivity contribution in [2.24, 2.45) is 0 Å². The second-order valence-corrected chi connectivity index (χ2v) is 5.83. The first-order chi connectivity index (χ1) is 13.4. The molecule has 0 aliphatic carbocycles. The van der Waals surface area contributed by atoms with Crippen molar-refractivity contribution in [3.8, 4) is 17.2 Å². The van der Waals surface area contributed by atoms with Gasteiger partial charge in [-0.15, -0.1) is 0 Å². The van der Waals surface area contributed by atoms with Gasteiger partial charge in [0.25, 0.3) is 5.91 Å². The number of hydrogen-bond donors (Lipinski definition) is 0. The highest BCUT2D eigenvalue weighted by Gasteiger charge is 2.21. The van der Waals surface area contributed by atoms with Gasteiger partial charge in [0.15, 0.2) is 18.2 Å². The van der Waals surface area contributed by atoms with Gasteiger partial charge in [-0.2, -0.15) is 0 Å². The second-order valence-electron chi connectivity index (χ2n) is 5.83. The van der Waals surface area contributed by atoms with E-state index in [0.717, 1.165) is 0 Å². The summed E-state index contributed by atoms with van der Waals surface area (Å²) in [7, 11) is 5.73. The molecule has 150 valence electrons. The van der Waals surface area contributed by atoms with Gasteiger partial charge in [0.2, 0.25) is 0 Å². The summed E-state index contributed by atoms with van der Waals surface area (Å²) < 4.78 is 34.0. The fourth-order valence-corrected chi connectivity index (χ4v) is 2.53. The molecule has 28 heavy (non-hydrogen) atoms. The predicted octanol–water partition coefficient (Wildman–Crippen LogP) is 2.67. The first-order valence-electron chi connectivity index (χ1n) is 8.35. The Morgan fingerprint density at radius 2 is 1.57 bits per heavy atom. The largest absolute Gasteiger partial charge is 0.496 e. The molecule has 8 heteroatoms. The zero-order valence-electron chi connectivity index (χ0n) is 16.2. The van der Waals surface area contributed by atoms with Crippen molar-refractivity contribution in [1.82, 2.24) is 4.90 Å². The van der Waals surface area contributed by atoms with Crippen molar-refractivity contribution in [1.29, 1.82) is 0 Å². The van der Waals surface area contributed by atoms with Crippen LogP contribution in [0.2, 0.25) is 0 Å². The minimum absolute atomic E-state index is 0.0974. The number of nitrogens with zero attached hydrogens (tertiary/aromatic N) is 1. The Hall–Kier alpha value is -3.29. The number of hydrogen-bond acceptors (Lipinski definition) is 6. The summed E-state index contributed by atoms with van der Waals surface area (Å²) in [6, 6.07) is 9.26. The van der Waals surface area contributed by atoms with Crippen LogP contribution in [-0.2, 0) is 16.1 Å². The van der Waals surface area contributed by atoms with Crippen LogP contribution in [0.5, 0.6) is 17.2 Å². The molecular weight excluding hydrogens is 369 g/mol. The SMILES string of the molecule is COc1ccc(CN(C)C(=O)COC(=O)c2c(OC)cccc2OC)cc1F. The standard InChI is InChI=1S/C20H22FNO6/c1-22(11-13-8-9-15(25-2)14(21)10-13)18(23)12-28-20(24)19-16(26-3)6-5-7-17(19)27-4/h5-10H,11-12H2,1-4H3. The number of likely N-dealkylation sites (N-methyl/N-ethyl adjacent to an activating group) is 1. The van der Waals surface area contributed by atoms with E-state index in [1.54, 1.807) is 24.3 Å². The molecule has 0 unspecified atom stereocenters. The van der Waals surface area contributed by atoms with E-state index in [1.165, 1.54) is 45.4 Å². The highest BCUT2D eigenvalue weighted by molar-refractivity contribution is 5.96.